The molecule has 26 heavy (non-hydrogen) atoms. The number of esters is 1. The third-order valence-corrected chi connectivity index (χ3v) is 4.48. The quantitative estimate of drug-likeness (QED) is 0.118. The molecule has 0 aliphatic rings. The average molecular weight is 371 g/mol. The molecule has 0 radical (unpaired) electrons. The van der Waals surface area contributed by atoms with Gasteiger partial charge in [0, 0.05) is 13.2 Å². The highest BCUT2D eigenvalue weighted by Gasteiger charge is 2.06. The van der Waals surface area contributed by atoms with Gasteiger partial charge in [0.15, 0.2) is 0 Å². The fourth-order valence-electron chi connectivity index (χ4n) is 2.95. The van der Waals surface area contributed by atoms with Crippen molar-refractivity contribution < 1.29 is 19.0 Å². The van der Waals surface area contributed by atoms with E-state index in [4.69, 9.17) is 14.2 Å². The maximum atomic E-state index is 11.4. The zero-order chi connectivity index (χ0) is 19.3. The van der Waals surface area contributed by atoms with Crippen LogP contribution in [0.3, 0.4) is 0 Å². The molecule has 0 N–H and O–H groups in total. The number of carbonyl (C=O) groups is 1. The molecule has 0 aromatic carbocycles. The summed E-state index contributed by atoms with van der Waals surface area (Å²) < 4.78 is 15.5. The SMILES string of the molecule is CCCCCCCCCCCCCC[C@@H](/C=C/C(=O)OCC)OCOC. The first kappa shape index (κ1) is 25.1. The number of hydrogen-bond donors (Lipinski definition) is 0. The molecule has 0 fully saturated rings. The van der Waals surface area contributed by atoms with Gasteiger partial charge >= 0.3 is 5.97 Å². The molecule has 0 unspecified atom stereocenters. The van der Waals surface area contributed by atoms with E-state index in [9.17, 15) is 4.79 Å². The van der Waals surface area contributed by atoms with Crippen molar-refractivity contribution in [1.29, 1.82) is 0 Å². The van der Waals surface area contributed by atoms with Crippen LogP contribution in [0.1, 0.15) is 97.3 Å². The molecule has 0 saturated carbocycles. The molecule has 0 aromatic rings. The van der Waals surface area contributed by atoms with Gasteiger partial charge in [-0.15, -0.1) is 0 Å². The predicted molar refractivity (Wildman–Crippen MR) is 108 cm³/mol. The van der Waals surface area contributed by atoms with E-state index >= 15 is 0 Å². The molecule has 0 heterocycles. The van der Waals surface area contributed by atoms with Crippen LogP contribution in [0.15, 0.2) is 12.2 Å². The first-order valence-corrected chi connectivity index (χ1v) is 10.7. The molecule has 0 saturated heterocycles. The second-order valence-corrected chi connectivity index (χ2v) is 6.90. The van der Waals surface area contributed by atoms with E-state index in [-0.39, 0.29) is 18.9 Å². The minimum Gasteiger partial charge on any atom is -0.463 e. The monoisotopic (exact) mass is 370 g/mol. The summed E-state index contributed by atoms with van der Waals surface area (Å²) in [7, 11) is 1.61. The van der Waals surface area contributed by atoms with Crippen molar-refractivity contribution in [3.8, 4) is 0 Å². The van der Waals surface area contributed by atoms with Gasteiger partial charge in [-0.2, -0.15) is 0 Å². The van der Waals surface area contributed by atoms with Crippen molar-refractivity contribution in [3.63, 3.8) is 0 Å². The van der Waals surface area contributed by atoms with Crippen LogP contribution in [0, 0.1) is 0 Å². The van der Waals surface area contributed by atoms with Crippen LogP contribution in [-0.2, 0) is 19.0 Å². The maximum Gasteiger partial charge on any atom is 0.330 e. The van der Waals surface area contributed by atoms with Crippen molar-refractivity contribution in [2.24, 2.45) is 0 Å². The molecule has 154 valence electrons. The van der Waals surface area contributed by atoms with Crippen LogP contribution in [-0.4, -0.2) is 32.6 Å². The van der Waals surface area contributed by atoms with Gasteiger partial charge in [0.25, 0.3) is 0 Å². The molecular formula is C22H42O4. The molecule has 1 atom stereocenters. The Bertz CT molecular complexity index is 328. The Kier molecular flexibility index (Phi) is 19.8. The van der Waals surface area contributed by atoms with E-state index in [1.807, 2.05) is 0 Å². The van der Waals surface area contributed by atoms with Crippen LogP contribution >= 0.6 is 0 Å². The Morgan fingerprint density at radius 2 is 1.38 bits per heavy atom. The zero-order valence-corrected chi connectivity index (χ0v) is 17.5. The molecule has 0 rings (SSSR count). The van der Waals surface area contributed by atoms with Crippen molar-refractivity contribution in [3.05, 3.63) is 12.2 Å². The fourth-order valence-corrected chi connectivity index (χ4v) is 2.95. The van der Waals surface area contributed by atoms with E-state index in [0.717, 1.165) is 12.8 Å². The summed E-state index contributed by atoms with van der Waals surface area (Å²) in [5.74, 6) is -0.312. The largest absolute Gasteiger partial charge is 0.463 e. The lowest BCUT2D eigenvalue weighted by atomic mass is 10.0. The summed E-state index contributed by atoms with van der Waals surface area (Å²) in [6, 6.07) is 0. The molecule has 4 nitrogen and oxygen atoms in total. The Balaban J connectivity index is 3.64. The summed E-state index contributed by atoms with van der Waals surface area (Å²) in [6.07, 6.45) is 20.1. The molecule has 0 bridgehead atoms. The maximum absolute atomic E-state index is 11.4. The second kappa shape index (κ2) is 20.4. The summed E-state index contributed by atoms with van der Waals surface area (Å²) >= 11 is 0. The van der Waals surface area contributed by atoms with Crippen molar-refractivity contribution in [1.82, 2.24) is 0 Å². The highest BCUT2D eigenvalue weighted by molar-refractivity contribution is 5.81. The van der Waals surface area contributed by atoms with Gasteiger partial charge in [0.05, 0.1) is 12.7 Å². The molecule has 4 heteroatoms. The molecule has 0 amide bonds. The van der Waals surface area contributed by atoms with E-state index in [1.165, 1.54) is 76.7 Å². The minimum atomic E-state index is -0.312. The number of unbranched alkanes of at least 4 members (excludes halogenated alkanes) is 11. The van der Waals surface area contributed by atoms with Gasteiger partial charge in [0.1, 0.15) is 6.79 Å². The summed E-state index contributed by atoms with van der Waals surface area (Å²) in [5.41, 5.74) is 0. The van der Waals surface area contributed by atoms with Crippen molar-refractivity contribution >= 4 is 5.97 Å². The molecule has 0 aliphatic carbocycles. The van der Waals surface area contributed by atoms with Crippen molar-refractivity contribution in [2.75, 3.05) is 20.5 Å². The number of rotatable bonds is 19. The molecule has 0 spiro atoms. The van der Waals surface area contributed by atoms with Gasteiger partial charge in [-0.25, -0.2) is 4.79 Å². The third kappa shape index (κ3) is 17.9. The fraction of sp³-hybridized carbons (Fsp3) is 0.864. The highest BCUT2D eigenvalue weighted by Crippen LogP contribution is 2.14. The van der Waals surface area contributed by atoms with E-state index in [0.29, 0.717) is 6.61 Å². The lowest BCUT2D eigenvalue weighted by Gasteiger charge is -2.13. The van der Waals surface area contributed by atoms with Crippen molar-refractivity contribution in [2.45, 2.75) is 103 Å². The van der Waals surface area contributed by atoms with Gasteiger partial charge in [-0.1, -0.05) is 84.0 Å². The van der Waals surface area contributed by atoms with E-state index in [2.05, 4.69) is 6.92 Å². The second-order valence-electron chi connectivity index (χ2n) is 6.90. The predicted octanol–water partition coefficient (Wildman–Crippen LogP) is 6.19. The Morgan fingerprint density at radius 1 is 0.846 bits per heavy atom. The van der Waals surface area contributed by atoms with Gasteiger partial charge < -0.3 is 14.2 Å². The van der Waals surface area contributed by atoms with Gasteiger partial charge in [-0.3, -0.25) is 0 Å². The summed E-state index contributed by atoms with van der Waals surface area (Å²) in [5, 5.41) is 0. The highest BCUT2D eigenvalue weighted by atomic mass is 16.7. The Morgan fingerprint density at radius 3 is 1.88 bits per heavy atom. The molecular weight excluding hydrogens is 328 g/mol. The number of carbonyl (C=O) groups excluding carboxylic acids is 1. The zero-order valence-electron chi connectivity index (χ0n) is 17.5. The summed E-state index contributed by atoms with van der Waals surface area (Å²) in [4.78, 5) is 11.4. The van der Waals surface area contributed by atoms with Gasteiger partial charge in [0.2, 0.25) is 0 Å². The number of ether oxygens (including phenoxy) is 3. The Labute approximate surface area is 161 Å². The minimum absolute atomic E-state index is 0.0810. The van der Waals surface area contributed by atoms with Gasteiger partial charge in [-0.05, 0) is 19.4 Å². The topological polar surface area (TPSA) is 44.8 Å². The molecule has 0 aliphatic heterocycles. The summed E-state index contributed by atoms with van der Waals surface area (Å²) in [6.45, 7) is 4.71. The van der Waals surface area contributed by atoms with Crippen LogP contribution in [0.5, 0.6) is 0 Å². The lowest BCUT2D eigenvalue weighted by molar-refractivity contribution is -0.137. The third-order valence-electron chi connectivity index (χ3n) is 4.48. The smallest absolute Gasteiger partial charge is 0.330 e. The van der Waals surface area contributed by atoms with Crippen LogP contribution in [0.4, 0.5) is 0 Å². The number of hydrogen-bond acceptors (Lipinski definition) is 4. The van der Waals surface area contributed by atoms with E-state index in [1.54, 1.807) is 20.1 Å². The number of methoxy groups -OCH3 is 1. The van der Waals surface area contributed by atoms with Crippen LogP contribution in [0.2, 0.25) is 0 Å². The normalized spacial score (nSPS) is 12.6. The first-order chi connectivity index (χ1) is 12.7. The van der Waals surface area contributed by atoms with E-state index < -0.39 is 0 Å². The standard InChI is InChI=1S/C22H42O4/c1-4-6-7-8-9-10-11-12-13-14-15-16-17-21(26-20-24-3)18-19-22(23)25-5-2/h18-19,21H,4-17,20H2,1-3H3/b19-18+/t21-/m0/s1. The lowest BCUT2D eigenvalue weighted by Crippen LogP contribution is -2.13. The van der Waals surface area contributed by atoms with Crippen LogP contribution in [0.25, 0.3) is 0 Å². The first-order valence-electron chi connectivity index (χ1n) is 10.7. The Hall–Kier alpha value is -0.870. The van der Waals surface area contributed by atoms with Crippen LogP contribution < -0.4 is 0 Å². The average Bonchev–Trinajstić information content (AvgIpc) is 2.64. The molecule has 0 aromatic heterocycles.